The van der Waals surface area contributed by atoms with Crippen molar-refractivity contribution in [2.45, 2.75) is 46.0 Å². The van der Waals surface area contributed by atoms with Crippen molar-refractivity contribution in [3.63, 3.8) is 0 Å². The molecule has 22 heavy (non-hydrogen) atoms. The lowest BCUT2D eigenvalue weighted by Crippen LogP contribution is -2.36. The summed E-state index contributed by atoms with van der Waals surface area (Å²) in [5, 5.41) is 0. The Morgan fingerprint density at radius 2 is 1.86 bits per heavy atom. The number of hydrogen-bond donors (Lipinski definition) is 0. The Labute approximate surface area is 135 Å². The van der Waals surface area contributed by atoms with Crippen LogP contribution in [0.4, 0.5) is 0 Å². The Morgan fingerprint density at radius 1 is 1.14 bits per heavy atom. The zero-order valence-electron chi connectivity index (χ0n) is 14.7. The van der Waals surface area contributed by atoms with Crippen LogP contribution >= 0.6 is 0 Å². The molecule has 2 rings (SSSR count). The molecular formula is C19H31NO2. The Hall–Kier alpha value is -1.06. The topological polar surface area (TPSA) is 21.7 Å². The molecule has 3 nitrogen and oxygen atoms in total. The molecule has 0 amide bonds. The summed E-state index contributed by atoms with van der Waals surface area (Å²) in [5.74, 6) is 1.05. The van der Waals surface area contributed by atoms with Gasteiger partial charge in [-0.25, -0.2) is 0 Å². The van der Waals surface area contributed by atoms with Gasteiger partial charge in [0.05, 0.1) is 19.8 Å². The number of rotatable bonds is 6. The van der Waals surface area contributed by atoms with Crippen molar-refractivity contribution in [2.24, 2.45) is 0 Å². The van der Waals surface area contributed by atoms with E-state index in [9.17, 15) is 0 Å². The molecule has 124 valence electrons. The van der Waals surface area contributed by atoms with Gasteiger partial charge in [0.25, 0.3) is 0 Å². The zero-order chi connectivity index (χ0) is 16.0. The highest BCUT2D eigenvalue weighted by molar-refractivity contribution is 5.41. The first-order valence-electron chi connectivity index (χ1n) is 8.51. The van der Waals surface area contributed by atoms with Crippen LogP contribution in [-0.2, 0) is 10.2 Å². The zero-order valence-corrected chi connectivity index (χ0v) is 14.7. The summed E-state index contributed by atoms with van der Waals surface area (Å²) < 4.78 is 11.5. The summed E-state index contributed by atoms with van der Waals surface area (Å²) in [6.07, 6.45) is 2.30. The summed E-state index contributed by atoms with van der Waals surface area (Å²) in [7, 11) is 0. The van der Waals surface area contributed by atoms with Gasteiger partial charge in [-0.3, -0.25) is 4.90 Å². The molecule has 1 aliphatic rings. The van der Waals surface area contributed by atoms with Crippen LogP contribution in [0.5, 0.6) is 5.75 Å². The molecule has 0 aromatic heterocycles. The molecule has 1 heterocycles. The van der Waals surface area contributed by atoms with E-state index in [1.165, 1.54) is 17.5 Å². The van der Waals surface area contributed by atoms with Crippen molar-refractivity contribution >= 4 is 0 Å². The maximum Gasteiger partial charge on any atom is 0.123 e. The number of morpholine rings is 1. The van der Waals surface area contributed by atoms with E-state index in [1.54, 1.807) is 0 Å². The van der Waals surface area contributed by atoms with Crippen molar-refractivity contribution < 1.29 is 9.47 Å². The van der Waals surface area contributed by atoms with E-state index in [2.05, 4.69) is 50.8 Å². The van der Waals surface area contributed by atoms with Gasteiger partial charge in [-0.05, 0) is 48.9 Å². The highest BCUT2D eigenvalue weighted by Gasteiger charge is 2.18. The summed E-state index contributed by atoms with van der Waals surface area (Å²) in [5.41, 5.74) is 2.68. The van der Waals surface area contributed by atoms with Crippen LogP contribution in [-0.4, -0.2) is 44.4 Å². The summed E-state index contributed by atoms with van der Waals surface area (Å²) >= 11 is 0. The lowest BCUT2D eigenvalue weighted by molar-refractivity contribution is 0.0368. The van der Waals surface area contributed by atoms with Crippen LogP contribution in [0.25, 0.3) is 0 Å². The molecule has 1 saturated heterocycles. The molecule has 1 fully saturated rings. The average Bonchev–Trinajstić information content (AvgIpc) is 2.47. The number of aryl methyl sites for hydroxylation is 1. The van der Waals surface area contributed by atoms with E-state index in [4.69, 9.17) is 9.47 Å². The lowest BCUT2D eigenvalue weighted by Gasteiger charge is -2.26. The largest absolute Gasteiger partial charge is 0.493 e. The summed E-state index contributed by atoms with van der Waals surface area (Å²) in [6, 6.07) is 6.55. The van der Waals surface area contributed by atoms with Crippen molar-refractivity contribution in [3.8, 4) is 5.75 Å². The third kappa shape index (κ3) is 5.29. The van der Waals surface area contributed by atoms with Crippen molar-refractivity contribution in [1.29, 1.82) is 0 Å². The third-order valence-corrected chi connectivity index (χ3v) is 4.18. The first-order chi connectivity index (χ1) is 10.5. The quantitative estimate of drug-likeness (QED) is 0.747. The van der Waals surface area contributed by atoms with E-state index in [0.717, 1.165) is 51.6 Å². The molecule has 0 spiro atoms. The molecule has 0 bridgehead atoms. The standard InChI is InChI=1S/C19H31NO2/c1-16-7-8-17(19(2,3)4)18(15-16)22-12-6-5-9-20-10-13-21-14-11-20/h7-8,15H,5-6,9-14H2,1-4H3. The lowest BCUT2D eigenvalue weighted by atomic mass is 9.86. The SMILES string of the molecule is Cc1ccc(C(C)(C)C)c(OCCCCN2CCOCC2)c1. The third-order valence-electron chi connectivity index (χ3n) is 4.18. The maximum atomic E-state index is 6.09. The molecule has 0 unspecified atom stereocenters. The number of nitrogens with zero attached hydrogens (tertiary/aromatic N) is 1. The van der Waals surface area contributed by atoms with Crippen LogP contribution in [0, 0.1) is 6.92 Å². The molecule has 0 N–H and O–H groups in total. The van der Waals surface area contributed by atoms with Crippen LogP contribution < -0.4 is 4.74 Å². The molecule has 1 aliphatic heterocycles. The van der Waals surface area contributed by atoms with Crippen LogP contribution in [0.2, 0.25) is 0 Å². The van der Waals surface area contributed by atoms with Gasteiger partial charge in [0.1, 0.15) is 5.75 Å². The van der Waals surface area contributed by atoms with Crippen molar-refractivity contribution in [2.75, 3.05) is 39.5 Å². The fourth-order valence-electron chi connectivity index (χ4n) is 2.81. The second-order valence-corrected chi connectivity index (χ2v) is 7.26. The molecule has 0 atom stereocenters. The number of ether oxygens (including phenoxy) is 2. The van der Waals surface area contributed by atoms with E-state index >= 15 is 0 Å². The normalized spacial score (nSPS) is 16.7. The van der Waals surface area contributed by atoms with Crippen LogP contribution in [0.15, 0.2) is 18.2 Å². The average molecular weight is 305 g/mol. The monoisotopic (exact) mass is 305 g/mol. The molecule has 3 heteroatoms. The molecule has 1 aromatic carbocycles. The fourth-order valence-corrected chi connectivity index (χ4v) is 2.81. The smallest absolute Gasteiger partial charge is 0.123 e. The second kappa shape index (κ2) is 7.98. The molecule has 0 aliphatic carbocycles. The molecule has 0 radical (unpaired) electrons. The van der Waals surface area contributed by atoms with Gasteiger partial charge in [-0.15, -0.1) is 0 Å². The van der Waals surface area contributed by atoms with E-state index in [0.29, 0.717) is 0 Å². The molecule has 1 aromatic rings. The van der Waals surface area contributed by atoms with Gasteiger partial charge < -0.3 is 9.47 Å². The van der Waals surface area contributed by atoms with Gasteiger partial charge in [0.15, 0.2) is 0 Å². The predicted molar refractivity (Wildman–Crippen MR) is 91.9 cm³/mol. The Morgan fingerprint density at radius 3 is 2.55 bits per heavy atom. The highest BCUT2D eigenvalue weighted by Crippen LogP contribution is 2.32. The second-order valence-electron chi connectivity index (χ2n) is 7.26. The van der Waals surface area contributed by atoms with Crippen LogP contribution in [0.3, 0.4) is 0 Å². The number of benzene rings is 1. The van der Waals surface area contributed by atoms with E-state index in [-0.39, 0.29) is 5.41 Å². The van der Waals surface area contributed by atoms with Crippen molar-refractivity contribution in [1.82, 2.24) is 4.90 Å². The number of hydrogen-bond acceptors (Lipinski definition) is 3. The minimum atomic E-state index is 0.122. The Balaban J connectivity index is 1.77. The Kier molecular flexibility index (Phi) is 6.27. The van der Waals surface area contributed by atoms with Gasteiger partial charge >= 0.3 is 0 Å². The fraction of sp³-hybridized carbons (Fsp3) is 0.684. The minimum Gasteiger partial charge on any atom is -0.493 e. The molecular weight excluding hydrogens is 274 g/mol. The van der Waals surface area contributed by atoms with E-state index in [1.807, 2.05) is 0 Å². The first kappa shape index (κ1) is 17.3. The minimum absolute atomic E-state index is 0.122. The number of unbranched alkanes of at least 4 members (excludes halogenated alkanes) is 1. The predicted octanol–water partition coefficient (Wildman–Crippen LogP) is 3.78. The van der Waals surface area contributed by atoms with Gasteiger partial charge in [0, 0.05) is 13.1 Å². The van der Waals surface area contributed by atoms with Crippen molar-refractivity contribution in [3.05, 3.63) is 29.3 Å². The van der Waals surface area contributed by atoms with E-state index < -0.39 is 0 Å². The van der Waals surface area contributed by atoms with Gasteiger partial charge in [-0.1, -0.05) is 32.9 Å². The highest BCUT2D eigenvalue weighted by atomic mass is 16.5. The van der Waals surface area contributed by atoms with Gasteiger partial charge in [0.2, 0.25) is 0 Å². The van der Waals surface area contributed by atoms with Crippen LogP contribution in [0.1, 0.15) is 44.7 Å². The Bertz CT molecular complexity index is 459. The maximum absolute atomic E-state index is 6.09. The molecule has 0 saturated carbocycles. The van der Waals surface area contributed by atoms with Gasteiger partial charge in [-0.2, -0.15) is 0 Å². The summed E-state index contributed by atoms with van der Waals surface area (Å²) in [6.45, 7) is 14.7. The summed E-state index contributed by atoms with van der Waals surface area (Å²) in [4.78, 5) is 2.48. The first-order valence-corrected chi connectivity index (χ1v) is 8.51.